The zero-order valence-electron chi connectivity index (χ0n) is 11.0. The van der Waals surface area contributed by atoms with E-state index in [1.54, 1.807) is 4.90 Å². The van der Waals surface area contributed by atoms with Gasteiger partial charge in [0.1, 0.15) is 0 Å². The third kappa shape index (κ3) is 4.91. The molecule has 0 unspecified atom stereocenters. The normalized spacial score (nSPS) is 18.0. The molecule has 1 fully saturated rings. The topological polar surface area (TPSA) is 83.7 Å². The van der Waals surface area contributed by atoms with Gasteiger partial charge in [0.25, 0.3) is 10.2 Å². The molecule has 1 rings (SSSR count). The lowest BCUT2D eigenvalue weighted by atomic mass is 10.1. The van der Waals surface area contributed by atoms with Gasteiger partial charge in [-0.25, -0.2) is 5.14 Å². The van der Waals surface area contributed by atoms with Crippen LogP contribution in [0.3, 0.4) is 0 Å². The second-order valence-corrected chi connectivity index (χ2v) is 6.18. The van der Waals surface area contributed by atoms with E-state index >= 15 is 0 Å². The maximum absolute atomic E-state index is 11.8. The van der Waals surface area contributed by atoms with E-state index in [0.29, 0.717) is 32.6 Å². The predicted octanol–water partition coefficient (Wildman–Crippen LogP) is 0.305. The summed E-state index contributed by atoms with van der Waals surface area (Å²) < 4.78 is 23.4. The number of unbranched alkanes of at least 4 members (excludes halogenated alkanes) is 3. The van der Waals surface area contributed by atoms with E-state index in [9.17, 15) is 13.2 Å². The second-order valence-electron chi connectivity index (χ2n) is 4.64. The summed E-state index contributed by atoms with van der Waals surface area (Å²) in [5, 5.41) is 5.04. The monoisotopic (exact) mass is 277 g/mol. The predicted molar refractivity (Wildman–Crippen MR) is 70.0 cm³/mol. The molecule has 1 heterocycles. The van der Waals surface area contributed by atoms with E-state index in [0.717, 1.165) is 25.7 Å². The van der Waals surface area contributed by atoms with Crippen LogP contribution in [0.15, 0.2) is 0 Å². The highest BCUT2D eigenvalue weighted by molar-refractivity contribution is 7.86. The van der Waals surface area contributed by atoms with E-state index in [1.807, 2.05) is 0 Å². The van der Waals surface area contributed by atoms with Crippen LogP contribution in [0.1, 0.15) is 39.0 Å². The molecule has 0 aliphatic carbocycles. The highest BCUT2D eigenvalue weighted by atomic mass is 32.2. The first-order chi connectivity index (χ1) is 8.45. The van der Waals surface area contributed by atoms with Crippen LogP contribution in [0.4, 0.5) is 0 Å². The Morgan fingerprint density at radius 2 is 1.72 bits per heavy atom. The molecule has 0 aromatic rings. The molecule has 1 amide bonds. The van der Waals surface area contributed by atoms with Crippen molar-refractivity contribution in [2.45, 2.75) is 39.0 Å². The number of carbonyl (C=O) groups excluding carboxylic acids is 1. The summed E-state index contributed by atoms with van der Waals surface area (Å²) in [5.74, 6) is 0.125. The Balaban J connectivity index is 2.28. The number of rotatable bonds is 6. The van der Waals surface area contributed by atoms with Gasteiger partial charge < -0.3 is 4.90 Å². The first kappa shape index (κ1) is 15.4. The van der Waals surface area contributed by atoms with Crippen LogP contribution < -0.4 is 5.14 Å². The lowest BCUT2D eigenvalue weighted by molar-refractivity contribution is -0.132. The Morgan fingerprint density at radius 3 is 2.22 bits per heavy atom. The highest BCUT2D eigenvalue weighted by Gasteiger charge is 2.25. The Labute approximate surface area is 109 Å². The minimum Gasteiger partial charge on any atom is -0.340 e. The fourth-order valence-corrected chi connectivity index (χ4v) is 2.73. The van der Waals surface area contributed by atoms with Gasteiger partial charge in [0, 0.05) is 32.6 Å². The molecule has 18 heavy (non-hydrogen) atoms. The number of hydrogen-bond acceptors (Lipinski definition) is 3. The van der Waals surface area contributed by atoms with Crippen LogP contribution in [0.5, 0.6) is 0 Å². The molecular weight excluding hydrogens is 254 g/mol. The smallest absolute Gasteiger partial charge is 0.277 e. The van der Waals surface area contributed by atoms with Crippen LogP contribution in [0, 0.1) is 0 Å². The van der Waals surface area contributed by atoms with Gasteiger partial charge in [-0.3, -0.25) is 4.79 Å². The van der Waals surface area contributed by atoms with Crippen molar-refractivity contribution in [1.29, 1.82) is 0 Å². The minimum absolute atomic E-state index is 0.125. The molecule has 0 saturated carbocycles. The zero-order chi connectivity index (χ0) is 13.6. The maximum atomic E-state index is 11.8. The van der Waals surface area contributed by atoms with Crippen molar-refractivity contribution in [2.75, 3.05) is 26.2 Å². The average Bonchev–Trinajstić information content (AvgIpc) is 2.33. The van der Waals surface area contributed by atoms with Gasteiger partial charge in [0.15, 0.2) is 0 Å². The Hall–Kier alpha value is -0.660. The third-order valence-electron chi connectivity index (χ3n) is 3.20. The Kier molecular flexibility index (Phi) is 6.04. The summed E-state index contributed by atoms with van der Waals surface area (Å²) in [7, 11) is -3.60. The summed E-state index contributed by atoms with van der Waals surface area (Å²) in [4.78, 5) is 13.6. The zero-order valence-corrected chi connectivity index (χ0v) is 11.8. The van der Waals surface area contributed by atoms with E-state index < -0.39 is 10.2 Å². The van der Waals surface area contributed by atoms with Crippen molar-refractivity contribution < 1.29 is 13.2 Å². The largest absolute Gasteiger partial charge is 0.340 e. The summed E-state index contributed by atoms with van der Waals surface area (Å²) in [6, 6.07) is 0. The summed E-state index contributed by atoms with van der Waals surface area (Å²) in [6.07, 6.45) is 4.88. The molecule has 0 spiro atoms. The van der Waals surface area contributed by atoms with Crippen molar-refractivity contribution in [3.05, 3.63) is 0 Å². The Morgan fingerprint density at radius 1 is 1.11 bits per heavy atom. The van der Waals surface area contributed by atoms with Crippen LogP contribution >= 0.6 is 0 Å². The van der Waals surface area contributed by atoms with Gasteiger partial charge in [-0.05, 0) is 6.42 Å². The lowest BCUT2D eigenvalue weighted by Crippen LogP contribution is -2.52. The van der Waals surface area contributed by atoms with E-state index in [1.165, 1.54) is 4.31 Å². The number of carbonyl (C=O) groups is 1. The van der Waals surface area contributed by atoms with Crippen LogP contribution in [-0.2, 0) is 15.0 Å². The number of hydrogen-bond donors (Lipinski definition) is 1. The lowest BCUT2D eigenvalue weighted by Gasteiger charge is -2.33. The SMILES string of the molecule is CCCCCCC(=O)N1CCN(S(N)(=O)=O)CC1. The van der Waals surface area contributed by atoms with Gasteiger partial charge in [0.2, 0.25) is 5.91 Å². The molecule has 0 atom stereocenters. The molecule has 106 valence electrons. The number of amides is 1. The minimum atomic E-state index is -3.60. The number of nitrogens with two attached hydrogens (primary N) is 1. The maximum Gasteiger partial charge on any atom is 0.277 e. The first-order valence-corrected chi connectivity index (χ1v) is 8.01. The standard InChI is InChI=1S/C11H23N3O3S/c1-2-3-4-5-6-11(15)13-7-9-14(10-8-13)18(12,16)17/h2-10H2,1H3,(H2,12,16,17). The van der Waals surface area contributed by atoms with Crippen molar-refractivity contribution in [3.8, 4) is 0 Å². The number of piperazine rings is 1. The second kappa shape index (κ2) is 7.06. The molecule has 1 aliphatic heterocycles. The molecule has 0 aromatic carbocycles. The van der Waals surface area contributed by atoms with Crippen LogP contribution in [0.2, 0.25) is 0 Å². The van der Waals surface area contributed by atoms with Crippen molar-refractivity contribution in [2.24, 2.45) is 5.14 Å². The van der Waals surface area contributed by atoms with Crippen molar-refractivity contribution >= 4 is 16.1 Å². The van der Waals surface area contributed by atoms with Crippen molar-refractivity contribution in [1.82, 2.24) is 9.21 Å². The van der Waals surface area contributed by atoms with Crippen LogP contribution in [-0.4, -0.2) is 49.7 Å². The van der Waals surface area contributed by atoms with Gasteiger partial charge in [-0.2, -0.15) is 12.7 Å². The fraction of sp³-hybridized carbons (Fsp3) is 0.909. The molecule has 1 saturated heterocycles. The summed E-state index contributed by atoms with van der Waals surface area (Å²) >= 11 is 0. The first-order valence-electron chi connectivity index (χ1n) is 6.50. The average molecular weight is 277 g/mol. The molecule has 1 aliphatic rings. The van der Waals surface area contributed by atoms with Crippen LogP contribution in [0.25, 0.3) is 0 Å². The summed E-state index contributed by atoms with van der Waals surface area (Å²) in [5.41, 5.74) is 0. The highest BCUT2D eigenvalue weighted by Crippen LogP contribution is 2.09. The molecule has 0 aromatic heterocycles. The molecule has 0 radical (unpaired) electrons. The third-order valence-corrected chi connectivity index (χ3v) is 4.28. The molecular formula is C11H23N3O3S. The molecule has 7 heteroatoms. The summed E-state index contributed by atoms with van der Waals surface area (Å²) in [6.45, 7) is 3.64. The quantitative estimate of drug-likeness (QED) is 0.709. The van der Waals surface area contributed by atoms with Gasteiger partial charge in [-0.1, -0.05) is 26.2 Å². The fourth-order valence-electron chi connectivity index (χ4n) is 2.05. The van der Waals surface area contributed by atoms with Gasteiger partial charge in [0.05, 0.1) is 0 Å². The van der Waals surface area contributed by atoms with E-state index in [2.05, 4.69) is 6.92 Å². The molecule has 2 N–H and O–H groups in total. The van der Waals surface area contributed by atoms with Gasteiger partial charge >= 0.3 is 0 Å². The molecule has 0 bridgehead atoms. The Bertz CT molecular complexity index is 362. The van der Waals surface area contributed by atoms with E-state index in [-0.39, 0.29) is 5.91 Å². The van der Waals surface area contributed by atoms with Crippen molar-refractivity contribution in [3.63, 3.8) is 0 Å². The molecule has 6 nitrogen and oxygen atoms in total. The van der Waals surface area contributed by atoms with Gasteiger partial charge in [-0.15, -0.1) is 0 Å². The number of nitrogens with zero attached hydrogens (tertiary/aromatic N) is 2. The van der Waals surface area contributed by atoms with E-state index in [4.69, 9.17) is 5.14 Å².